The molecule has 0 fully saturated rings. The number of aryl methyl sites for hydroxylation is 1. The number of rotatable bonds is 5. The predicted octanol–water partition coefficient (Wildman–Crippen LogP) is 2.52. The fraction of sp³-hybridized carbons (Fsp3) is 0.412. The number of hydrogen-bond acceptors (Lipinski definition) is 8. The third-order valence-corrected chi connectivity index (χ3v) is 3.52. The maximum atomic E-state index is 7.41. The van der Waals surface area contributed by atoms with E-state index < -0.39 is 0 Å². The summed E-state index contributed by atoms with van der Waals surface area (Å²) in [5, 5.41) is 10.6. The lowest BCUT2D eigenvalue weighted by Gasteiger charge is -2.14. The number of methoxy groups -OCH3 is 1. The first-order valence-corrected chi connectivity index (χ1v) is 8.26. The normalized spacial score (nSPS) is 10.2. The average Bonchev–Trinajstić information content (AvgIpc) is 2.53. The van der Waals surface area contributed by atoms with E-state index >= 15 is 0 Å². The number of ether oxygens (including phenoxy) is 1. The molecule has 0 saturated carbocycles. The van der Waals surface area contributed by atoms with Crippen molar-refractivity contribution in [1.82, 2.24) is 19.9 Å². The van der Waals surface area contributed by atoms with Crippen LogP contribution in [0.25, 0.3) is 0 Å². The number of pyridine rings is 1. The zero-order chi connectivity index (χ0) is 19.9. The van der Waals surface area contributed by atoms with Crippen LogP contribution in [0.5, 0.6) is 5.75 Å². The molecular weight excluding hydrogens is 354 g/mol. The van der Waals surface area contributed by atoms with Crippen molar-refractivity contribution in [2.45, 2.75) is 20.4 Å². The highest BCUT2D eigenvalue weighted by atomic mass is 35.5. The van der Waals surface area contributed by atoms with Gasteiger partial charge < -0.3 is 26.1 Å². The van der Waals surface area contributed by atoms with Gasteiger partial charge in [-0.3, -0.25) is 4.98 Å². The molecule has 0 spiro atoms. The fourth-order valence-corrected chi connectivity index (χ4v) is 2.37. The van der Waals surface area contributed by atoms with Crippen molar-refractivity contribution in [2.75, 3.05) is 39.3 Å². The van der Waals surface area contributed by atoms with Crippen molar-refractivity contribution >= 4 is 29.6 Å². The largest absolute Gasteiger partial charge is 0.496 e. The molecule has 0 saturated heterocycles. The van der Waals surface area contributed by atoms with E-state index in [1.165, 1.54) is 0 Å². The monoisotopic (exact) mass is 379 g/mol. The van der Waals surface area contributed by atoms with Crippen LogP contribution in [0.3, 0.4) is 0 Å². The van der Waals surface area contributed by atoms with Crippen LogP contribution < -0.4 is 15.8 Å². The number of anilines is 2. The summed E-state index contributed by atoms with van der Waals surface area (Å²) in [6.45, 7) is 4.28. The summed E-state index contributed by atoms with van der Waals surface area (Å²) in [6, 6.07) is 0. The Balaban J connectivity index is 0.000000765. The standard InChI is InChI=1S/C14H17ClN6O.C3H9N/c1-7-5-18-10(8(2)11(7)22-3)6-19-13-9(4-16)12(15)20-14(17)21-13;1-4(2)3/h4-5,16H,6H2,1-3H3,(H3,17,19,20,21);1-3H3. The summed E-state index contributed by atoms with van der Waals surface area (Å²) in [4.78, 5) is 14.3. The van der Waals surface area contributed by atoms with Gasteiger partial charge in [-0.15, -0.1) is 0 Å². The lowest BCUT2D eigenvalue weighted by molar-refractivity contribution is 0.407. The van der Waals surface area contributed by atoms with Crippen LogP contribution in [-0.2, 0) is 6.54 Å². The Bertz CT molecular complexity index is 763. The fourth-order valence-electron chi connectivity index (χ4n) is 2.14. The molecule has 0 aromatic carbocycles. The highest BCUT2D eigenvalue weighted by molar-refractivity contribution is 6.32. The molecule has 0 aliphatic heterocycles. The second-order valence-electron chi connectivity index (χ2n) is 6.02. The minimum atomic E-state index is 0.0456. The molecule has 0 atom stereocenters. The Morgan fingerprint density at radius 2 is 1.92 bits per heavy atom. The molecule has 0 aliphatic carbocycles. The van der Waals surface area contributed by atoms with E-state index in [1.807, 2.05) is 39.9 Å². The Morgan fingerprint density at radius 3 is 2.46 bits per heavy atom. The second kappa shape index (κ2) is 9.88. The lowest BCUT2D eigenvalue weighted by Crippen LogP contribution is -2.11. The van der Waals surface area contributed by atoms with Gasteiger partial charge in [0.1, 0.15) is 16.7 Å². The van der Waals surface area contributed by atoms with Crippen molar-refractivity contribution < 1.29 is 4.74 Å². The van der Waals surface area contributed by atoms with E-state index in [2.05, 4.69) is 20.3 Å². The predicted molar refractivity (Wildman–Crippen MR) is 107 cm³/mol. The summed E-state index contributed by atoms with van der Waals surface area (Å²) in [7, 11) is 7.63. The zero-order valence-corrected chi connectivity index (χ0v) is 16.8. The SMILES string of the molecule is CN(C)C.COc1c(C)cnc(CNc2nc(N)nc(Cl)c2C=N)c1C. The van der Waals surface area contributed by atoms with Gasteiger partial charge in [-0.1, -0.05) is 11.6 Å². The highest BCUT2D eigenvalue weighted by Gasteiger charge is 2.13. The molecular formula is C17H26ClN7O. The Labute approximate surface area is 159 Å². The number of nitrogen functional groups attached to an aromatic ring is 1. The number of nitrogens with zero attached hydrogens (tertiary/aromatic N) is 4. The summed E-state index contributed by atoms with van der Waals surface area (Å²) < 4.78 is 5.38. The molecule has 26 heavy (non-hydrogen) atoms. The van der Waals surface area contributed by atoms with Crippen LogP contribution in [0.15, 0.2) is 6.20 Å². The average molecular weight is 380 g/mol. The molecule has 0 aliphatic rings. The molecule has 142 valence electrons. The van der Waals surface area contributed by atoms with E-state index in [4.69, 9.17) is 27.5 Å². The minimum Gasteiger partial charge on any atom is -0.496 e. The third-order valence-electron chi connectivity index (χ3n) is 3.23. The number of aromatic nitrogens is 3. The zero-order valence-electron chi connectivity index (χ0n) is 16.0. The Morgan fingerprint density at radius 1 is 1.31 bits per heavy atom. The van der Waals surface area contributed by atoms with Gasteiger partial charge in [0.2, 0.25) is 5.95 Å². The Kier molecular flexibility index (Phi) is 8.21. The van der Waals surface area contributed by atoms with E-state index in [9.17, 15) is 0 Å². The van der Waals surface area contributed by atoms with Gasteiger partial charge in [-0.25, -0.2) is 4.98 Å². The van der Waals surface area contributed by atoms with E-state index in [0.717, 1.165) is 28.8 Å². The number of nitrogens with one attached hydrogen (secondary N) is 2. The van der Waals surface area contributed by atoms with Crippen LogP contribution in [-0.4, -0.2) is 54.3 Å². The van der Waals surface area contributed by atoms with Gasteiger partial charge in [0.05, 0.1) is 24.9 Å². The van der Waals surface area contributed by atoms with Crippen molar-refractivity contribution in [1.29, 1.82) is 5.41 Å². The highest BCUT2D eigenvalue weighted by Crippen LogP contribution is 2.25. The van der Waals surface area contributed by atoms with Crippen LogP contribution >= 0.6 is 11.6 Å². The smallest absolute Gasteiger partial charge is 0.223 e. The molecule has 8 nitrogen and oxygen atoms in total. The van der Waals surface area contributed by atoms with E-state index in [0.29, 0.717) is 17.9 Å². The van der Waals surface area contributed by atoms with Crippen LogP contribution in [0.1, 0.15) is 22.4 Å². The molecule has 0 bridgehead atoms. The molecule has 2 aromatic heterocycles. The topological polar surface area (TPSA) is 113 Å². The number of hydrogen-bond donors (Lipinski definition) is 3. The molecule has 2 rings (SSSR count). The maximum Gasteiger partial charge on any atom is 0.223 e. The van der Waals surface area contributed by atoms with Gasteiger partial charge in [0.25, 0.3) is 0 Å². The summed E-state index contributed by atoms with van der Waals surface area (Å²) >= 11 is 5.96. The number of halogens is 1. The molecule has 9 heteroatoms. The van der Waals surface area contributed by atoms with Gasteiger partial charge >= 0.3 is 0 Å². The molecule has 0 amide bonds. The van der Waals surface area contributed by atoms with Crippen molar-refractivity contribution in [3.63, 3.8) is 0 Å². The maximum absolute atomic E-state index is 7.41. The minimum absolute atomic E-state index is 0.0456. The third kappa shape index (κ3) is 5.82. The van der Waals surface area contributed by atoms with E-state index in [-0.39, 0.29) is 11.1 Å². The molecule has 2 heterocycles. The summed E-state index contributed by atoms with van der Waals surface area (Å²) in [6.07, 6.45) is 2.84. The van der Waals surface area contributed by atoms with E-state index in [1.54, 1.807) is 13.3 Å². The quantitative estimate of drug-likeness (QED) is 0.540. The molecule has 0 unspecified atom stereocenters. The number of nitrogens with two attached hydrogens (primary N) is 1. The van der Waals surface area contributed by atoms with Gasteiger partial charge in [-0.2, -0.15) is 4.98 Å². The first-order chi connectivity index (χ1) is 12.2. The van der Waals surface area contributed by atoms with Gasteiger partial charge in [-0.05, 0) is 35.0 Å². The van der Waals surface area contributed by atoms with Crippen molar-refractivity contribution in [3.8, 4) is 5.75 Å². The van der Waals surface area contributed by atoms with Crippen molar-refractivity contribution in [2.24, 2.45) is 0 Å². The lowest BCUT2D eigenvalue weighted by atomic mass is 10.1. The van der Waals surface area contributed by atoms with Crippen LogP contribution in [0.2, 0.25) is 5.15 Å². The van der Waals surface area contributed by atoms with Gasteiger partial charge in [0.15, 0.2) is 0 Å². The summed E-state index contributed by atoms with van der Waals surface area (Å²) in [5.41, 5.74) is 8.70. The van der Waals surface area contributed by atoms with Crippen molar-refractivity contribution in [3.05, 3.63) is 33.7 Å². The first-order valence-electron chi connectivity index (χ1n) is 7.88. The second-order valence-corrected chi connectivity index (χ2v) is 6.38. The molecule has 4 N–H and O–H groups in total. The first kappa shape index (κ1) is 21.6. The van der Waals surface area contributed by atoms with Crippen LogP contribution in [0.4, 0.5) is 11.8 Å². The van der Waals surface area contributed by atoms with Crippen LogP contribution in [0, 0.1) is 19.3 Å². The Hall–Kier alpha value is -2.45. The molecule has 0 radical (unpaired) electrons. The summed E-state index contributed by atoms with van der Waals surface area (Å²) in [5.74, 6) is 1.25. The molecule has 2 aromatic rings. The van der Waals surface area contributed by atoms with Gasteiger partial charge in [0, 0.05) is 23.5 Å².